The number of amides is 1. The van der Waals surface area contributed by atoms with Gasteiger partial charge in [-0.05, 0) is 89.9 Å². The van der Waals surface area contributed by atoms with Crippen LogP contribution in [0.15, 0.2) is 122 Å². The van der Waals surface area contributed by atoms with Crippen LogP contribution in [0.5, 0.6) is 0 Å². The van der Waals surface area contributed by atoms with Crippen LogP contribution in [-0.4, -0.2) is 34.9 Å². The van der Waals surface area contributed by atoms with Gasteiger partial charge in [0.05, 0.1) is 18.8 Å². The molecular weight excluding hydrogens is 867 g/mol. The molecule has 0 aliphatic heterocycles. The minimum absolute atomic E-state index is 0.0676. The number of nitrogens with one attached hydrogen (secondary N) is 1. The van der Waals surface area contributed by atoms with Crippen LogP contribution < -0.4 is 5.32 Å². The predicted octanol–water partition coefficient (Wildman–Crippen LogP) is 20.4. The van der Waals surface area contributed by atoms with Gasteiger partial charge in [0.25, 0.3) is 0 Å². The van der Waals surface area contributed by atoms with Gasteiger partial charge in [0.15, 0.2) is 0 Å². The van der Waals surface area contributed by atoms with Crippen molar-refractivity contribution in [2.45, 2.75) is 289 Å². The zero-order valence-electron chi connectivity index (χ0n) is 46.7. The van der Waals surface area contributed by atoms with Gasteiger partial charge in [0.2, 0.25) is 5.91 Å². The molecule has 4 heteroatoms. The molecule has 0 aromatic heterocycles. The molecule has 0 radical (unpaired) electrons. The highest BCUT2D eigenvalue weighted by Gasteiger charge is 2.18. The summed E-state index contributed by atoms with van der Waals surface area (Å²) in [5.41, 5.74) is 0. The fourth-order valence-electron chi connectivity index (χ4n) is 8.64. The topological polar surface area (TPSA) is 69.6 Å². The van der Waals surface area contributed by atoms with Gasteiger partial charge in [0, 0.05) is 6.42 Å². The minimum Gasteiger partial charge on any atom is -0.394 e. The highest BCUT2D eigenvalue weighted by molar-refractivity contribution is 5.76. The molecule has 0 fully saturated rings. The smallest absolute Gasteiger partial charge is 0.220 e. The molecule has 0 aromatic carbocycles. The van der Waals surface area contributed by atoms with Crippen molar-refractivity contribution in [3.8, 4) is 0 Å². The zero-order valence-corrected chi connectivity index (χ0v) is 46.7. The Labute approximate surface area is 441 Å². The van der Waals surface area contributed by atoms with Gasteiger partial charge in [-0.3, -0.25) is 4.79 Å². The Morgan fingerprint density at radius 2 is 0.620 bits per heavy atom. The molecule has 0 saturated carbocycles. The van der Waals surface area contributed by atoms with E-state index in [1.54, 1.807) is 6.08 Å². The molecule has 2 atom stereocenters. The highest BCUT2D eigenvalue weighted by atomic mass is 16.3. The van der Waals surface area contributed by atoms with Crippen LogP contribution in [0.1, 0.15) is 277 Å². The molecule has 0 aliphatic rings. The molecular formula is C67H115NO3. The molecule has 0 saturated heterocycles. The van der Waals surface area contributed by atoms with Crippen molar-refractivity contribution in [1.29, 1.82) is 0 Å². The molecule has 1 amide bonds. The third-order valence-corrected chi connectivity index (χ3v) is 13.2. The number of rotatable bonds is 54. The van der Waals surface area contributed by atoms with Crippen molar-refractivity contribution in [1.82, 2.24) is 5.32 Å². The fraction of sp³-hybridized carbons (Fsp3) is 0.687. The summed E-state index contributed by atoms with van der Waals surface area (Å²) < 4.78 is 0. The molecule has 4 nitrogen and oxygen atoms in total. The summed E-state index contributed by atoms with van der Waals surface area (Å²) in [6.07, 6.45) is 93.7. The Morgan fingerprint density at radius 3 is 0.930 bits per heavy atom. The Hall–Kier alpha value is -3.21. The molecule has 0 spiro atoms. The average molecular weight is 983 g/mol. The molecule has 0 rings (SSSR count). The van der Waals surface area contributed by atoms with Crippen LogP contribution in [-0.2, 0) is 4.79 Å². The number of carbonyl (C=O) groups excluding carboxylic acids is 1. The lowest BCUT2D eigenvalue weighted by Gasteiger charge is -2.20. The van der Waals surface area contributed by atoms with Gasteiger partial charge in [-0.15, -0.1) is 0 Å². The standard InChI is InChI=1S/C67H115NO3/c1-3-5-7-9-11-13-15-17-19-21-23-24-25-26-27-28-29-30-31-32-33-34-35-36-37-38-39-40-41-42-43-44-45-47-49-51-53-55-57-59-61-63-67(71)68-65(64-69)66(70)62-60-58-56-54-52-50-48-46-22-20-18-16-14-12-10-8-6-4-2/h5,7,11,13,17,19,23-24,26-27,29-30,32-33,35-36,38-39,60,62,65-66,69-70H,3-4,6,8-10,12,14-16,18,20-22,25,28,31,34,37,40-59,61,63-64H2,1-2H3,(H,68,71)/b7-5-,13-11-,19-17-,24-23-,27-26-,30-29-,33-32-,36-35-,39-38-,62-60+. The van der Waals surface area contributed by atoms with Gasteiger partial charge in [-0.1, -0.05) is 302 Å². The SMILES string of the molecule is CC/C=C\C/C=C\C/C=C\C/C=C\C/C=C\C/C=C\C/C=C\C/C=C\C/C=C\CCCCCCCCCCCCCCCC(=O)NC(CO)C(O)/C=C/CCCCCCCCCCCCCCCCCC. The molecule has 2 unspecified atom stereocenters. The van der Waals surface area contributed by atoms with Gasteiger partial charge in [-0.2, -0.15) is 0 Å². The Kier molecular flexibility index (Phi) is 58.3. The second-order valence-electron chi connectivity index (χ2n) is 20.0. The van der Waals surface area contributed by atoms with Crippen molar-refractivity contribution in [3.05, 3.63) is 122 Å². The van der Waals surface area contributed by atoms with Crippen LogP contribution >= 0.6 is 0 Å². The number of carbonyl (C=O) groups is 1. The maximum Gasteiger partial charge on any atom is 0.220 e. The first kappa shape index (κ1) is 67.8. The van der Waals surface area contributed by atoms with Crippen LogP contribution in [0.4, 0.5) is 0 Å². The largest absolute Gasteiger partial charge is 0.394 e. The van der Waals surface area contributed by atoms with E-state index in [1.807, 2.05) is 6.08 Å². The van der Waals surface area contributed by atoms with Gasteiger partial charge >= 0.3 is 0 Å². The molecule has 0 heterocycles. The number of aliphatic hydroxyl groups is 2. The van der Waals surface area contributed by atoms with E-state index in [2.05, 4.69) is 129 Å². The van der Waals surface area contributed by atoms with E-state index in [4.69, 9.17) is 0 Å². The number of unbranched alkanes of at least 4 members (excludes halogenated alkanes) is 29. The third-order valence-electron chi connectivity index (χ3n) is 13.2. The normalized spacial score (nSPS) is 13.7. The van der Waals surface area contributed by atoms with E-state index in [9.17, 15) is 15.0 Å². The molecule has 3 N–H and O–H groups in total. The van der Waals surface area contributed by atoms with Gasteiger partial charge in [-0.25, -0.2) is 0 Å². The van der Waals surface area contributed by atoms with Gasteiger partial charge < -0.3 is 15.5 Å². The highest BCUT2D eigenvalue weighted by Crippen LogP contribution is 2.16. The second-order valence-corrected chi connectivity index (χ2v) is 20.0. The quantitative estimate of drug-likeness (QED) is 0.0420. The van der Waals surface area contributed by atoms with Crippen LogP contribution in [0.25, 0.3) is 0 Å². The van der Waals surface area contributed by atoms with E-state index in [1.165, 1.54) is 173 Å². The van der Waals surface area contributed by atoms with Crippen molar-refractivity contribution < 1.29 is 15.0 Å². The lowest BCUT2D eigenvalue weighted by molar-refractivity contribution is -0.123. The fourth-order valence-corrected chi connectivity index (χ4v) is 8.64. The lowest BCUT2D eigenvalue weighted by Crippen LogP contribution is -2.45. The van der Waals surface area contributed by atoms with E-state index >= 15 is 0 Å². The Morgan fingerprint density at radius 1 is 0.352 bits per heavy atom. The van der Waals surface area contributed by atoms with Crippen LogP contribution in [0, 0.1) is 0 Å². The molecule has 0 aliphatic carbocycles. The summed E-state index contributed by atoms with van der Waals surface area (Å²) >= 11 is 0. The van der Waals surface area contributed by atoms with Crippen molar-refractivity contribution in [2.24, 2.45) is 0 Å². The number of aliphatic hydroxyl groups excluding tert-OH is 2. The summed E-state index contributed by atoms with van der Waals surface area (Å²) in [7, 11) is 0. The first-order chi connectivity index (χ1) is 35.2. The third kappa shape index (κ3) is 57.6. The summed E-state index contributed by atoms with van der Waals surface area (Å²) in [5.74, 6) is -0.0676. The first-order valence-corrected chi connectivity index (χ1v) is 30.2. The first-order valence-electron chi connectivity index (χ1n) is 30.2. The summed E-state index contributed by atoms with van der Waals surface area (Å²) in [5, 5.41) is 23.2. The van der Waals surface area contributed by atoms with E-state index in [-0.39, 0.29) is 12.5 Å². The van der Waals surface area contributed by atoms with Crippen molar-refractivity contribution in [2.75, 3.05) is 6.61 Å². The summed E-state index contributed by atoms with van der Waals surface area (Å²) in [4.78, 5) is 12.5. The maximum absolute atomic E-state index is 12.5. The molecule has 406 valence electrons. The van der Waals surface area contributed by atoms with Crippen LogP contribution in [0.3, 0.4) is 0 Å². The lowest BCUT2D eigenvalue weighted by atomic mass is 10.0. The molecule has 0 aromatic rings. The second kappa shape index (κ2) is 61.1. The van der Waals surface area contributed by atoms with E-state index < -0.39 is 12.1 Å². The monoisotopic (exact) mass is 982 g/mol. The number of hydrogen-bond acceptors (Lipinski definition) is 3. The van der Waals surface area contributed by atoms with Crippen molar-refractivity contribution in [3.63, 3.8) is 0 Å². The predicted molar refractivity (Wildman–Crippen MR) is 317 cm³/mol. The molecule has 0 bridgehead atoms. The van der Waals surface area contributed by atoms with E-state index in [0.29, 0.717) is 6.42 Å². The molecule has 71 heavy (non-hydrogen) atoms. The van der Waals surface area contributed by atoms with Gasteiger partial charge in [0.1, 0.15) is 0 Å². The number of hydrogen-bond donors (Lipinski definition) is 3. The summed E-state index contributed by atoms with van der Waals surface area (Å²) in [6, 6.07) is -0.630. The Balaban J connectivity index is 3.56. The summed E-state index contributed by atoms with van der Waals surface area (Å²) in [6.45, 7) is 4.20. The Bertz CT molecular complexity index is 1390. The average Bonchev–Trinajstić information content (AvgIpc) is 3.37. The zero-order chi connectivity index (χ0) is 51.3. The minimum atomic E-state index is -0.846. The van der Waals surface area contributed by atoms with Crippen molar-refractivity contribution >= 4 is 5.91 Å². The maximum atomic E-state index is 12.5. The van der Waals surface area contributed by atoms with Crippen LogP contribution in [0.2, 0.25) is 0 Å². The van der Waals surface area contributed by atoms with E-state index in [0.717, 1.165) is 83.5 Å². The number of allylic oxidation sites excluding steroid dienone is 19.